The molecule has 0 bridgehead atoms. The van der Waals surface area contributed by atoms with Crippen LogP contribution in [0.2, 0.25) is 0 Å². The minimum absolute atomic E-state index is 0.0540. The summed E-state index contributed by atoms with van der Waals surface area (Å²) in [5.74, 6) is 0.855. The third-order valence-corrected chi connectivity index (χ3v) is 23.7. The molecule has 20 heterocycles. The van der Waals surface area contributed by atoms with E-state index in [1.807, 2.05) is 74.5 Å². The second-order valence-electron chi connectivity index (χ2n) is 34.2. The highest BCUT2D eigenvalue weighted by atomic mass is 19.1. The molecular weight excluding hydrogens is 1860 g/mol. The minimum atomic E-state index is -0.344. The van der Waals surface area contributed by atoms with E-state index in [4.69, 9.17) is 19.9 Å². The maximum atomic E-state index is 14.5. The number of hydrogen-bond acceptors (Lipinski definition) is 24. The van der Waals surface area contributed by atoms with Crippen LogP contribution in [0.5, 0.6) is 0 Å². The van der Waals surface area contributed by atoms with Crippen molar-refractivity contribution in [2.24, 2.45) is 5.92 Å². The Hall–Kier alpha value is -20.0. The van der Waals surface area contributed by atoms with E-state index in [-0.39, 0.29) is 52.8 Å². The van der Waals surface area contributed by atoms with Gasteiger partial charge in [-0.1, -0.05) is 89.2 Å². The maximum absolute atomic E-state index is 14.5. The molecule has 0 spiro atoms. The molecule has 146 heavy (non-hydrogen) atoms. The molecule has 24 rings (SSSR count). The fourth-order valence-electron chi connectivity index (χ4n) is 16.6. The van der Waals surface area contributed by atoms with Crippen LogP contribution in [-0.2, 0) is 19.2 Å². The molecule has 0 radical (unpaired) electrons. The fourth-order valence-corrected chi connectivity index (χ4v) is 16.6. The van der Waals surface area contributed by atoms with Crippen molar-refractivity contribution in [3.8, 4) is 135 Å². The first-order chi connectivity index (χ1) is 71.2. The van der Waals surface area contributed by atoms with Gasteiger partial charge in [0, 0.05) is 172 Å². The smallest absolute Gasteiger partial charge is 0.224 e. The van der Waals surface area contributed by atoms with Gasteiger partial charge in [-0.05, 0) is 114 Å². The number of benzene rings is 4. The Morgan fingerprint density at radius 3 is 0.904 bits per heavy atom. The molecule has 24 aromatic rings. The quantitative estimate of drug-likeness (QED) is 0.0297. The largest absolute Gasteiger partial charge is 0.335 e. The Morgan fingerprint density at radius 1 is 0.281 bits per heavy atom. The minimum Gasteiger partial charge on any atom is -0.335 e. The number of amides is 4. The topological polar surface area (TPSA) is 501 Å². The second-order valence-corrected chi connectivity index (χ2v) is 34.2. The van der Waals surface area contributed by atoms with Crippen LogP contribution in [0.4, 0.5) is 40.3 Å². The summed E-state index contributed by atoms with van der Waals surface area (Å²) in [5.41, 5.74) is 24.5. The number of hydrogen-bond donors (Lipinski definition) is 12. The second kappa shape index (κ2) is 40.1. The van der Waals surface area contributed by atoms with Crippen molar-refractivity contribution in [3.63, 3.8) is 0 Å². The predicted molar refractivity (Wildman–Crippen MR) is 546 cm³/mol. The molecule has 4 aromatic carbocycles. The van der Waals surface area contributed by atoms with Gasteiger partial charge in [-0.3, -0.25) is 79.4 Å². The summed E-state index contributed by atoms with van der Waals surface area (Å²) >= 11 is 0. The first kappa shape index (κ1) is 92.4. The molecule has 12 N–H and O–H groups in total. The molecule has 0 fully saturated rings. The number of H-pyrrole nitrogens is 8. The zero-order chi connectivity index (χ0) is 100. The highest BCUT2D eigenvalue weighted by molar-refractivity contribution is 6.04. The number of halogens is 4. The lowest BCUT2D eigenvalue weighted by atomic mass is 10.1. The van der Waals surface area contributed by atoms with E-state index in [9.17, 15) is 36.7 Å². The first-order valence-electron chi connectivity index (χ1n) is 46.0. The number of aromatic nitrogens is 28. The van der Waals surface area contributed by atoms with Crippen molar-refractivity contribution in [1.82, 2.24) is 140 Å². The lowest BCUT2D eigenvalue weighted by Gasteiger charge is -2.08. The molecule has 0 unspecified atom stereocenters. The van der Waals surface area contributed by atoms with Gasteiger partial charge in [0.25, 0.3) is 0 Å². The van der Waals surface area contributed by atoms with E-state index in [2.05, 4.69) is 142 Å². The van der Waals surface area contributed by atoms with Crippen molar-refractivity contribution < 1.29 is 36.7 Å². The number of nitrogens with zero attached hydrogens (tertiary/aromatic N) is 20. The number of nitrogens with one attached hydrogen (secondary N) is 12. The third-order valence-electron chi connectivity index (χ3n) is 23.7. The van der Waals surface area contributed by atoms with Gasteiger partial charge in [-0.15, -0.1) is 0 Å². The average Bonchev–Trinajstić information content (AvgIpc) is 1.62. The Labute approximate surface area is 822 Å². The van der Waals surface area contributed by atoms with Gasteiger partial charge >= 0.3 is 0 Å². The number of anilines is 4. The third kappa shape index (κ3) is 19.4. The average molecular weight is 1940 g/mol. The predicted octanol–water partition coefficient (Wildman–Crippen LogP) is 21.1. The molecule has 0 aliphatic rings. The Kier molecular flexibility index (Phi) is 25.4. The number of aromatic amines is 8. The summed E-state index contributed by atoms with van der Waals surface area (Å²) < 4.78 is 55.6. The zero-order valence-electron chi connectivity index (χ0n) is 77.9. The summed E-state index contributed by atoms with van der Waals surface area (Å²) in [6, 6.07) is 40.6. The zero-order valence-corrected chi connectivity index (χ0v) is 77.9. The van der Waals surface area contributed by atoms with E-state index < -0.39 is 0 Å². The summed E-state index contributed by atoms with van der Waals surface area (Å²) in [4.78, 5) is 132. The van der Waals surface area contributed by atoms with E-state index in [1.54, 1.807) is 187 Å². The molecule has 716 valence electrons. The Balaban J connectivity index is 0.000000114. The van der Waals surface area contributed by atoms with Crippen LogP contribution in [0.15, 0.2) is 270 Å². The van der Waals surface area contributed by atoms with Gasteiger partial charge in [0.05, 0.1) is 132 Å². The van der Waals surface area contributed by atoms with E-state index in [0.717, 1.165) is 88.3 Å². The Morgan fingerprint density at radius 2 is 0.582 bits per heavy atom. The lowest BCUT2D eigenvalue weighted by Crippen LogP contribution is -2.13. The lowest BCUT2D eigenvalue weighted by molar-refractivity contribution is -0.117. The molecule has 0 saturated carbocycles. The fraction of sp³-hybridized carbons (Fsp3) is 0.0943. The molecule has 0 aliphatic carbocycles. The van der Waals surface area contributed by atoms with Crippen LogP contribution >= 0.6 is 0 Å². The molecule has 20 aromatic heterocycles. The van der Waals surface area contributed by atoms with E-state index in [1.165, 1.54) is 42.5 Å². The van der Waals surface area contributed by atoms with Gasteiger partial charge in [0.15, 0.2) is 45.9 Å². The van der Waals surface area contributed by atoms with Crippen LogP contribution in [-0.4, -0.2) is 164 Å². The highest BCUT2D eigenvalue weighted by Crippen LogP contribution is 2.41. The molecular formula is C106H80F4N32O4. The molecule has 0 saturated heterocycles. The first-order valence-corrected chi connectivity index (χ1v) is 46.0. The van der Waals surface area contributed by atoms with Crippen molar-refractivity contribution >= 4 is 135 Å². The number of carbonyl (C=O) groups is 4. The standard InChI is InChI=1S/C28H23FN8O.3C26H19FN8O/c1-15(2)6-24(38)33-20-8-17(10-30-12-20)18-9-21-26(36-37-27(21)32-11-18)28-34-23-14-31-13-22(25(23)35-28)16-4-3-5-19(29)7-16;1-2-22(36)31-18-7-15(9-28-11-18)16-8-19-24(34-35-25(19)30-10-16)26-32-21-13-29-12-20(23(21)33-26)14-3-5-17(27)6-4-14;1-2-22(36)31-18-7-15(9-28-11-18)16-8-19-24(34-35-25(19)30-10-16)26-32-21-13-29-12-20(23(21)33-26)14-4-3-5-17(27)6-14;1-2-22(36)31-16-7-14(9-28-11-16)15-8-18-24(34-35-25(18)30-10-15)26-32-21-13-29-12-19(23(21)33-26)17-5-3-4-6-20(17)27/h3-5,7-15H,6H2,1-2H3,(H,33,38)(H,34,35)(H,32,36,37);3*3-13H,2H2,1H3,(H,31,36)(H,32,33)(H,30,34,35). The molecule has 0 atom stereocenters. The monoisotopic (exact) mass is 1940 g/mol. The van der Waals surface area contributed by atoms with Crippen LogP contribution in [0.1, 0.15) is 60.3 Å². The summed E-state index contributed by atoms with van der Waals surface area (Å²) in [6.45, 7) is 9.37. The van der Waals surface area contributed by atoms with Gasteiger partial charge in [-0.2, -0.15) is 20.4 Å². The van der Waals surface area contributed by atoms with E-state index >= 15 is 0 Å². The summed E-state index contributed by atoms with van der Waals surface area (Å²) in [6.07, 6.45) is 35.1. The van der Waals surface area contributed by atoms with Crippen LogP contribution < -0.4 is 21.3 Å². The number of rotatable bonds is 21. The maximum Gasteiger partial charge on any atom is 0.224 e. The number of pyridine rings is 12. The van der Waals surface area contributed by atoms with Crippen molar-refractivity contribution in [2.75, 3.05) is 21.3 Å². The van der Waals surface area contributed by atoms with Crippen LogP contribution in [0, 0.1) is 29.2 Å². The van der Waals surface area contributed by atoms with Crippen molar-refractivity contribution in [3.05, 3.63) is 293 Å². The summed E-state index contributed by atoms with van der Waals surface area (Å²) in [7, 11) is 0. The SMILES string of the molecule is CC(C)CC(=O)Nc1cncc(-c2cnc3n[nH]c(-c4nc5c(-c6cccc(F)c6)cncc5[nH]4)c3c2)c1.CCC(=O)Nc1cncc(-c2cnc3n[nH]c(-c4nc5c(-c6ccc(F)cc6)cncc5[nH]4)c3c2)c1.CCC(=O)Nc1cncc(-c2cnc3n[nH]c(-c4nc5c(-c6cccc(F)c6)cncc5[nH]4)c3c2)c1.CCC(=O)Nc1cncc(-c2cnc3n[nH]c(-c4nc5c(-c6ccccc6F)cncc5[nH]4)c3c2)c1. The normalized spacial score (nSPS) is 11.3. The molecule has 40 heteroatoms. The number of imidazole rings is 4. The highest BCUT2D eigenvalue weighted by Gasteiger charge is 2.25. The summed E-state index contributed by atoms with van der Waals surface area (Å²) in [5, 5.41) is 43.8. The van der Waals surface area contributed by atoms with Crippen molar-refractivity contribution in [1.29, 1.82) is 0 Å². The molecule has 0 aliphatic heterocycles. The van der Waals surface area contributed by atoms with Gasteiger partial charge < -0.3 is 41.2 Å². The van der Waals surface area contributed by atoms with Crippen LogP contribution in [0.25, 0.3) is 223 Å². The van der Waals surface area contributed by atoms with Gasteiger partial charge in [-0.25, -0.2) is 57.4 Å². The van der Waals surface area contributed by atoms with Crippen LogP contribution in [0.3, 0.4) is 0 Å². The number of carbonyl (C=O) groups excluding carboxylic acids is 4. The molecule has 4 amide bonds. The van der Waals surface area contributed by atoms with Crippen molar-refractivity contribution in [2.45, 2.75) is 60.3 Å². The van der Waals surface area contributed by atoms with E-state index in [0.29, 0.717) is 184 Å². The van der Waals surface area contributed by atoms with Gasteiger partial charge in [0.2, 0.25) is 23.6 Å². The Bertz CT molecular complexity index is 9140. The molecule has 36 nitrogen and oxygen atoms in total. The van der Waals surface area contributed by atoms with Gasteiger partial charge in [0.1, 0.15) is 51.6 Å². The number of fused-ring (bicyclic) bond motifs is 8.